The Hall–Kier alpha value is -1.66. The van der Waals surface area contributed by atoms with Crippen molar-refractivity contribution in [2.75, 3.05) is 0 Å². The number of rotatable bonds is 2. The Balaban J connectivity index is 1.99. The Kier molecular flexibility index (Phi) is 4.07. The number of carbonyl (C=O) groups excluding carboxylic acids is 1. The van der Waals surface area contributed by atoms with Crippen molar-refractivity contribution in [2.24, 2.45) is 0 Å². The molecule has 0 saturated carbocycles. The van der Waals surface area contributed by atoms with E-state index in [1.54, 1.807) is 12.1 Å². The van der Waals surface area contributed by atoms with Gasteiger partial charge in [0.05, 0.1) is 11.1 Å². The van der Waals surface area contributed by atoms with Gasteiger partial charge in [-0.3, -0.25) is 0 Å². The van der Waals surface area contributed by atoms with Gasteiger partial charge in [0.15, 0.2) is 0 Å². The number of fused-ring (bicyclic) bond motifs is 1. The Morgan fingerprint density at radius 1 is 1.10 bits per heavy atom. The zero-order valence-electron chi connectivity index (χ0n) is 10.7. The molecule has 0 unspecified atom stereocenters. The number of benzene rings is 2. The number of hydrogen-bond donors (Lipinski definition) is 0. The highest BCUT2D eigenvalue weighted by Gasteiger charge is 2.14. The van der Waals surface area contributed by atoms with E-state index in [1.165, 1.54) is 6.07 Å². The minimum atomic E-state index is -0.447. The Bertz CT molecular complexity index is 818. The molecule has 5 heteroatoms. The fourth-order valence-electron chi connectivity index (χ4n) is 1.98. The molecule has 2 aromatic carbocycles. The van der Waals surface area contributed by atoms with Crippen LogP contribution in [0.4, 0.5) is 0 Å². The van der Waals surface area contributed by atoms with Crippen LogP contribution < -0.4 is 4.74 Å². The molecule has 0 aliphatic heterocycles. The number of nitrogens with zero attached hydrogens (tertiary/aromatic N) is 1. The lowest BCUT2D eigenvalue weighted by Crippen LogP contribution is -2.09. The van der Waals surface area contributed by atoms with Crippen LogP contribution in [0.3, 0.4) is 0 Å². The molecule has 0 bridgehead atoms. The first kappa shape index (κ1) is 14.3. The number of carbonyl (C=O) groups is 1. The highest BCUT2D eigenvalue weighted by molar-refractivity contribution is 14.1. The smallest absolute Gasteiger partial charge is 0.344 e. The average molecular weight is 410 g/mol. The van der Waals surface area contributed by atoms with Gasteiger partial charge >= 0.3 is 5.97 Å². The number of halogens is 2. The summed E-state index contributed by atoms with van der Waals surface area (Å²) in [5.74, 6) is 0.0501. The third-order valence-electron chi connectivity index (χ3n) is 2.93. The lowest BCUT2D eigenvalue weighted by atomic mass is 10.1. The standard InChI is InChI=1S/C16H9ClINO2/c17-15-9-13(12-3-1-2-4-14(12)19-15)16(20)21-11-7-5-10(18)6-8-11/h1-9H. The summed E-state index contributed by atoms with van der Waals surface area (Å²) >= 11 is 8.16. The second-order valence-electron chi connectivity index (χ2n) is 4.35. The quantitative estimate of drug-likeness (QED) is 0.266. The highest BCUT2D eigenvalue weighted by atomic mass is 127. The number of hydrogen-bond acceptors (Lipinski definition) is 3. The minimum Gasteiger partial charge on any atom is -0.423 e. The van der Waals surface area contributed by atoms with Crippen LogP contribution in [0, 0.1) is 3.57 Å². The fourth-order valence-corrected chi connectivity index (χ4v) is 2.54. The number of pyridine rings is 1. The SMILES string of the molecule is O=C(Oc1ccc(I)cc1)c1cc(Cl)nc2ccccc12. The summed E-state index contributed by atoms with van der Waals surface area (Å²) in [5.41, 5.74) is 1.07. The largest absolute Gasteiger partial charge is 0.423 e. The molecular weight excluding hydrogens is 401 g/mol. The van der Waals surface area contributed by atoms with E-state index in [4.69, 9.17) is 16.3 Å². The highest BCUT2D eigenvalue weighted by Crippen LogP contribution is 2.23. The third kappa shape index (κ3) is 3.16. The Morgan fingerprint density at radius 3 is 2.57 bits per heavy atom. The summed E-state index contributed by atoms with van der Waals surface area (Å²) in [6.07, 6.45) is 0. The molecule has 0 fully saturated rings. The summed E-state index contributed by atoms with van der Waals surface area (Å²) < 4.78 is 6.46. The molecule has 0 N–H and O–H groups in total. The van der Waals surface area contributed by atoms with E-state index < -0.39 is 5.97 Å². The van der Waals surface area contributed by atoms with Gasteiger partial charge in [-0.2, -0.15) is 0 Å². The molecule has 0 aliphatic carbocycles. The van der Waals surface area contributed by atoms with Crippen molar-refractivity contribution in [1.82, 2.24) is 4.98 Å². The van der Waals surface area contributed by atoms with Gasteiger partial charge in [0.2, 0.25) is 0 Å². The first-order valence-electron chi connectivity index (χ1n) is 6.16. The van der Waals surface area contributed by atoms with E-state index in [-0.39, 0.29) is 5.15 Å². The molecule has 0 amide bonds. The third-order valence-corrected chi connectivity index (χ3v) is 3.84. The first-order chi connectivity index (χ1) is 10.1. The molecule has 3 aromatic rings. The predicted octanol–water partition coefficient (Wildman–Crippen LogP) is 4.71. The van der Waals surface area contributed by atoms with Crippen LogP contribution in [0.1, 0.15) is 10.4 Å². The van der Waals surface area contributed by atoms with Gasteiger partial charge < -0.3 is 4.74 Å². The van der Waals surface area contributed by atoms with Gasteiger partial charge in [-0.1, -0.05) is 29.8 Å². The van der Waals surface area contributed by atoms with E-state index in [0.717, 1.165) is 8.96 Å². The van der Waals surface area contributed by atoms with Gasteiger partial charge in [-0.15, -0.1) is 0 Å². The number of ether oxygens (including phenoxy) is 1. The van der Waals surface area contributed by atoms with Crippen LogP contribution >= 0.6 is 34.2 Å². The van der Waals surface area contributed by atoms with Crippen molar-refractivity contribution >= 4 is 51.1 Å². The topological polar surface area (TPSA) is 39.2 Å². The Morgan fingerprint density at radius 2 is 1.81 bits per heavy atom. The molecule has 0 saturated heterocycles. The molecule has 0 atom stereocenters. The molecule has 3 rings (SSSR count). The summed E-state index contributed by atoms with van der Waals surface area (Å²) in [6.45, 7) is 0. The summed E-state index contributed by atoms with van der Waals surface area (Å²) in [7, 11) is 0. The molecule has 0 spiro atoms. The molecule has 1 aromatic heterocycles. The lowest BCUT2D eigenvalue weighted by molar-refractivity contribution is 0.0736. The first-order valence-corrected chi connectivity index (χ1v) is 7.62. The molecule has 3 nitrogen and oxygen atoms in total. The van der Waals surface area contributed by atoms with E-state index in [1.807, 2.05) is 36.4 Å². The van der Waals surface area contributed by atoms with Crippen LogP contribution in [0.2, 0.25) is 5.15 Å². The van der Waals surface area contributed by atoms with Crippen molar-refractivity contribution < 1.29 is 9.53 Å². The maximum Gasteiger partial charge on any atom is 0.344 e. The summed E-state index contributed by atoms with van der Waals surface area (Å²) in [6, 6.07) is 16.1. The van der Waals surface area contributed by atoms with Crippen molar-refractivity contribution in [3.05, 3.63) is 68.9 Å². The minimum absolute atomic E-state index is 0.267. The number of esters is 1. The van der Waals surface area contributed by atoms with E-state index in [0.29, 0.717) is 16.8 Å². The average Bonchev–Trinajstić information content (AvgIpc) is 2.48. The molecule has 1 heterocycles. The summed E-state index contributed by atoms with van der Waals surface area (Å²) in [4.78, 5) is 16.5. The maximum atomic E-state index is 12.4. The van der Waals surface area contributed by atoms with E-state index >= 15 is 0 Å². The van der Waals surface area contributed by atoms with Crippen LogP contribution in [0.25, 0.3) is 10.9 Å². The van der Waals surface area contributed by atoms with Crippen molar-refractivity contribution in [1.29, 1.82) is 0 Å². The zero-order valence-corrected chi connectivity index (χ0v) is 13.6. The van der Waals surface area contributed by atoms with E-state index in [2.05, 4.69) is 27.6 Å². The van der Waals surface area contributed by atoms with Gasteiger partial charge in [-0.25, -0.2) is 9.78 Å². The van der Waals surface area contributed by atoms with Gasteiger partial charge in [0.1, 0.15) is 10.9 Å². The van der Waals surface area contributed by atoms with Crippen molar-refractivity contribution in [2.45, 2.75) is 0 Å². The fraction of sp³-hybridized carbons (Fsp3) is 0. The second-order valence-corrected chi connectivity index (χ2v) is 5.99. The van der Waals surface area contributed by atoms with Crippen LogP contribution in [-0.4, -0.2) is 11.0 Å². The van der Waals surface area contributed by atoms with Gasteiger partial charge in [0.25, 0.3) is 0 Å². The van der Waals surface area contributed by atoms with Crippen molar-refractivity contribution in [3.8, 4) is 5.75 Å². The van der Waals surface area contributed by atoms with Crippen LogP contribution in [-0.2, 0) is 0 Å². The second kappa shape index (κ2) is 5.99. The van der Waals surface area contributed by atoms with Gasteiger partial charge in [-0.05, 0) is 59.0 Å². The molecular formula is C16H9ClINO2. The maximum absolute atomic E-state index is 12.4. The normalized spacial score (nSPS) is 10.6. The van der Waals surface area contributed by atoms with Crippen LogP contribution in [0.5, 0.6) is 5.75 Å². The molecule has 21 heavy (non-hydrogen) atoms. The van der Waals surface area contributed by atoms with Crippen molar-refractivity contribution in [3.63, 3.8) is 0 Å². The van der Waals surface area contributed by atoms with Gasteiger partial charge in [0, 0.05) is 8.96 Å². The molecule has 0 aliphatic rings. The predicted molar refractivity (Wildman–Crippen MR) is 90.9 cm³/mol. The molecule has 104 valence electrons. The van der Waals surface area contributed by atoms with Crippen LogP contribution in [0.15, 0.2) is 54.6 Å². The Labute approximate surface area is 140 Å². The number of aromatic nitrogens is 1. The number of para-hydroxylation sites is 1. The monoisotopic (exact) mass is 409 g/mol. The van der Waals surface area contributed by atoms with E-state index in [9.17, 15) is 4.79 Å². The molecule has 0 radical (unpaired) electrons. The summed E-state index contributed by atoms with van der Waals surface area (Å²) in [5, 5.41) is 0.987. The lowest BCUT2D eigenvalue weighted by Gasteiger charge is -2.07. The zero-order chi connectivity index (χ0) is 14.8.